The minimum Gasteiger partial charge on any atom is -0.270 e. The number of nitrogens with zero attached hydrogens (tertiary/aromatic N) is 2. The summed E-state index contributed by atoms with van der Waals surface area (Å²) in [4.78, 5) is 0. The van der Waals surface area contributed by atoms with Gasteiger partial charge in [0.1, 0.15) is 0 Å². The first kappa shape index (κ1) is 16.8. The minimum atomic E-state index is 0.0464. The summed E-state index contributed by atoms with van der Waals surface area (Å²) >= 11 is 7.51. The third kappa shape index (κ3) is 3.42. The van der Waals surface area contributed by atoms with Crippen molar-refractivity contribution in [2.45, 2.75) is 39.2 Å². The zero-order valence-corrected chi connectivity index (χ0v) is 16.0. The Morgan fingerprint density at radius 1 is 1.14 bits per heavy atom. The number of aryl methyl sites for hydroxylation is 3. The number of halogens is 2. The summed E-state index contributed by atoms with van der Waals surface area (Å²) in [6.07, 6.45) is 0.975. The van der Waals surface area contributed by atoms with Crippen LogP contribution in [-0.2, 0) is 18.4 Å². The molecule has 0 amide bonds. The van der Waals surface area contributed by atoms with Gasteiger partial charge >= 0.3 is 0 Å². The van der Waals surface area contributed by atoms with Crippen molar-refractivity contribution in [2.24, 2.45) is 0 Å². The van der Waals surface area contributed by atoms with Crippen molar-refractivity contribution < 1.29 is 0 Å². The number of benzene rings is 1. The van der Waals surface area contributed by atoms with Gasteiger partial charge in [-0.25, -0.2) is 0 Å². The lowest BCUT2D eigenvalue weighted by Gasteiger charge is -2.32. The summed E-state index contributed by atoms with van der Waals surface area (Å²) < 4.78 is 2.12. The van der Waals surface area contributed by atoms with Gasteiger partial charge in [0.05, 0.1) is 5.69 Å². The molecule has 114 valence electrons. The molecule has 21 heavy (non-hydrogen) atoms. The maximum Gasteiger partial charge on any atom is 0.0596 e. The van der Waals surface area contributed by atoms with E-state index in [1.807, 2.05) is 0 Å². The van der Waals surface area contributed by atoms with Gasteiger partial charge in [0.2, 0.25) is 0 Å². The third-order valence-electron chi connectivity index (χ3n) is 4.03. The number of alkyl halides is 2. The predicted octanol–water partition coefficient (Wildman–Crippen LogP) is 4.79. The Morgan fingerprint density at radius 3 is 2.38 bits per heavy atom. The molecular weight excluding hydrogens is 392 g/mol. The minimum absolute atomic E-state index is 0.0464. The fourth-order valence-electron chi connectivity index (χ4n) is 2.90. The fraction of sp³-hybridized carbons (Fsp3) is 0.471. The van der Waals surface area contributed by atoms with Crippen molar-refractivity contribution in [2.75, 3.05) is 10.7 Å². The first-order valence-electron chi connectivity index (χ1n) is 7.27. The van der Waals surface area contributed by atoms with Crippen LogP contribution in [0.5, 0.6) is 0 Å². The van der Waals surface area contributed by atoms with Gasteiger partial charge in [-0.1, -0.05) is 56.1 Å². The van der Waals surface area contributed by atoms with E-state index in [2.05, 4.69) is 92.7 Å². The molecule has 0 aliphatic heterocycles. The lowest BCUT2D eigenvalue weighted by molar-refractivity contribution is 0.506. The molecule has 0 aliphatic rings. The van der Waals surface area contributed by atoms with E-state index in [0.717, 1.165) is 29.3 Å². The van der Waals surface area contributed by atoms with Gasteiger partial charge in [-0.05, 0) is 38.0 Å². The first-order chi connectivity index (χ1) is 10.1. The summed E-state index contributed by atoms with van der Waals surface area (Å²) in [7, 11) is 0. The van der Waals surface area contributed by atoms with Crippen LogP contribution in [0.2, 0.25) is 0 Å². The molecule has 1 heterocycles. The van der Waals surface area contributed by atoms with Crippen molar-refractivity contribution in [3.8, 4) is 0 Å². The maximum absolute atomic E-state index is 4.58. The summed E-state index contributed by atoms with van der Waals surface area (Å²) in [5, 5.41) is 6.43. The Hall–Kier alpha value is -0.610. The van der Waals surface area contributed by atoms with E-state index < -0.39 is 0 Å². The third-order valence-corrected chi connectivity index (χ3v) is 6.18. The first-order valence-corrected chi connectivity index (χ1v) is 9.52. The van der Waals surface area contributed by atoms with Crippen LogP contribution >= 0.6 is 31.9 Å². The lowest BCUT2D eigenvalue weighted by Crippen LogP contribution is -2.34. The molecule has 0 radical (unpaired) electrons. The molecule has 0 unspecified atom stereocenters. The van der Waals surface area contributed by atoms with Crippen molar-refractivity contribution in [3.63, 3.8) is 0 Å². The topological polar surface area (TPSA) is 17.8 Å². The largest absolute Gasteiger partial charge is 0.270 e. The van der Waals surface area contributed by atoms with Crippen molar-refractivity contribution in [1.82, 2.24) is 9.78 Å². The van der Waals surface area contributed by atoms with Gasteiger partial charge in [0.15, 0.2) is 0 Å². The monoisotopic (exact) mass is 412 g/mol. The maximum atomic E-state index is 4.58. The fourth-order valence-corrected chi connectivity index (χ4v) is 4.83. The van der Waals surface area contributed by atoms with Crippen LogP contribution in [0.1, 0.15) is 29.4 Å². The molecule has 2 nitrogen and oxygen atoms in total. The molecule has 4 heteroatoms. The molecular formula is C17H22Br2N2. The Morgan fingerprint density at radius 2 is 1.81 bits per heavy atom. The molecule has 0 saturated heterocycles. The van der Waals surface area contributed by atoms with E-state index in [1.54, 1.807) is 0 Å². The average molecular weight is 414 g/mol. The number of aromatic nitrogens is 2. The average Bonchev–Trinajstić information content (AvgIpc) is 2.85. The molecule has 2 rings (SSSR count). The summed E-state index contributed by atoms with van der Waals surface area (Å²) in [6, 6.07) is 10.9. The second kappa shape index (κ2) is 7.10. The van der Waals surface area contributed by atoms with Crippen LogP contribution in [0, 0.1) is 13.8 Å². The van der Waals surface area contributed by atoms with Gasteiger partial charge in [-0.15, -0.1) is 0 Å². The zero-order chi connectivity index (χ0) is 15.5. The second-order valence-electron chi connectivity index (χ2n) is 5.63. The van der Waals surface area contributed by atoms with Crippen LogP contribution in [-0.4, -0.2) is 20.4 Å². The summed E-state index contributed by atoms with van der Waals surface area (Å²) in [5.41, 5.74) is 5.19. The molecule has 0 saturated carbocycles. The van der Waals surface area contributed by atoms with E-state index >= 15 is 0 Å². The van der Waals surface area contributed by atoms with Crippen LogP contribution in [0.3, 0.4) is 0 Å². The highest BCUT2D eigenvalue weighted by Gasteiger charge is 2.33. The van der Waals surface area contributed by atoms with Crippen LogP contribution < -0.4 is 0 Å². The van der Waals surface area contributed by atoms with Gasteiger partial charge in [-0.3, -0.25) is 4.68 Å². The van der Waals surface area contributed by atoms with Gasteiger partial charge in [0, 0.05) is 34.7 Å². The molecule has 0 bridgehead atoms. The van der Waals surface area contributed by atoms with Gasteiger partial charge < -0.3 is 0 Å². The molecule has 0 atom stereocenters. The Labute approximate surface area is 144 Å². The zero-order valence-electron chi connectivity index (χ0n) is 12.9. The highest BCUT2D eigenvalue weighted by Crippen LogP contribution is 2.35. The van der Waals surface area contributed by atoms with E-state index in [0.29, 0.717) is 0 Å². The highest BCUT2D eigenvalue weighted by atomic mass is 79.9. The van der Waals surface area contributed by atoms with E-state index in [-0.39, 0.29) is 5.41 Å². The van der Waals surface area contributed by atoms with Gasteiger partial charge in [0.25, 0.3) is 0 Å². The Bertz CT molecular complexity index is 601. The molecule has 0 N–H and O–H groups in total. The molecule has 2 aromatic rings. The van der Waals surface area contributed by atoms with E-state index in [1.165, 1.54) is 16.8 Å². The number of hydrogen-bond acceptors (Lipinski definition) is 1. The van der Waals surface area contributed by atoms with Crippen molar-refractivity contribution in [3.05, 3.63) is 52.8 Å². The van der Waals surface area contributed by atoms with Crippen LogP contribution in [0.4, 0.5) is 0 Å². The Kier molecular flexibility index (Phi) is 5.67. The lowest BCUT2D eigenvalue weighted by atomic mass is 9.78. The van der Waals surface area contributed by atoms with E-state index in [4.69, 9.17) is 0 Å². The molecule has 0 fully saturated rings. The molecule has 0 aliphatic carbocycles. The molecule has 1 aromatic heterocycles. The van der Waals surface area contributed by atoms with E-state index in [9.17, 15) is 0 Å². The van der Waals surface area contributed by atoms with Gasteiger partial charge in [-0.2, -0.15) is 5.10 Å². The highest BCUT2D eigenvalue weighted by molar-refractivity contribution is 9.09. The quantitative estimate of drug-likeness (QED) is 0.622. The summed E-state index contributed by atoms with van der Waals surface area (Å²) in [5.74, 6) is 0. The number of rotatable bonds is 6. The van der Waals surface area contributed by atoms with Crippen molar-refractivity contribution in [1.29, 1.82) is 0 Å². The Balaban J connectivity index is 2.45. The molecule has 1 aromatic carbocycles. The standard InChI is InChI=1S/C17H22Br2N2/c1-4-21-15(9-14(3)20-21)10-17(11-18,12-19)16-8-6-5-7-13(16)2/h5-9H,4,10-12H2,1-3H3. The molecule has 0 spiro atoms. The number of hydrogen-bond donors (Lipinski definition) is 0. The van der Waals surface area contributed by atoms with Crippen LogP contribution in [0.15, 0.2) is 30.3 Å². The predicted molar refractivity (Wildman–Crippen MR) is 96.8 cm³/mol. The summed E-state index contributed by atoms with van der Waals surface area (Å²) in [6.45, 7) is 7.32. The van der Waals surface area contributed by atoms with Crippen LogP contribution in [0.25, 0.3) is 0 Å². The second-order valence-corrected chi connectivity index (χ2v) is 6.75. The smallest absolute Gasteiger partial charge is 0.0596 e. The van der Waals surface area contributed by atoms with Crippen molar-refractivity contribution >= 4 is 31.9 Å². The normalized spacial score (nSPS) is 11.9. The SMILES string of the molecule is CCn1nc(C)cc1CC(CBr)(CBr)c1ccccc1C.